The summed E-state index contributed by atoms with van der Waals surface area (Å²) in [6.45, 7) is 5.51. The van der Waals surface area contributed by atoms with Crippen LogP contribution in [0.5, 0.6) is 5.75 Å². The summed E-state index contributed by atoms with van der Waals surface area (Å²) in [6, 6.07) is 28.6. The summed E-state index contributed by atoms with van der Waals surface area (Å²) < 4.78 is 35.4. The van der Waals surface area contributed by atoms with Gasteiger partial charge in [0.2, 0.25) is 11.8 Å². The largest absolute Gasteiger partial charge is 0.492 e. The number of para-hydroxylation sites is 2. The Bertz CT molecular complexity index is 1700. The van der Waals surface area contributed by atoms with Crippen molar-refractivity contribution in [2.75, 3.05) is 24.0 Å². The van der Waals surface area contributed by atoms with Gasteiger partial charge < -0.3 is 15.0 Å². The molecule has 0 heterocycles. The van der Waals surface area contributed by atoms with Crippen molar-refractivity contribution in [3.05, 3.63) is 125 Å². The first-order valence-corrected chi connectivity index (χ1v) is 16.6. The molecule has 4 rings (SSSR count). The molecule has 0 saturated carbocycles. The zero-order chi connectivity index (χ0) is 32.4. The SMILES string of the molecule is CCNC(=O)C(Cc1ccccc1)N(Cc1ccccc1Cl)C(=O)CN(c1ccccc1OCC)S(=O)(=O)c1ccc(C)cc1. The number of sulfonamides is 1. The van der Waals surface area contributed by atoms with Crippen LogP contribution in [0.2, 0.25) is 5.02 Å². The molecule has 2 amide bonds. The van der Waals surface area contributed by atoms with Crippen LogP contribution in [0.15, 0.2) is 108 Å². The average Bonchev–Trinajstić information content (AvgIpc) is 3.03. The quantitative estimate of drug-likeness (QED) is 0.181. The number of carbonyl (C=O) groups excluding carboxylic acids is 2. The number of nitrogens with zero attached hydrogens (tertiary/aromatic N) is 2. The van der Waals surface area contributed by atoms with E-state index in [1.807, 2.05) is 37.3 Å². The van der Waals surface area contributed by atoms with E-state index in [1.165, 1.54) is 17.0 Å². The number of aryl methyl sites for hydroxylation is 1. The molecule has 1 unspecified atom stereocenters. The van der Waals surface area contributed by atoms with Gasteiger partial charge in [-0.2, -0.15) is 0 Å². The van der Waals surface area contributed by atoms with E-state index < -0.39 is 28.5 Å². The Hall–Kier alpha value is -4.34. The second kappa shape index (κ2) is 15.6. The summed E-state index contributed by atoms with van der Waals surface area (Å²) in [5.41, 5.74) is 2.57. The molecule has 0 spiro atoms. The number of hydrogen-bond acceptors (Lipinski definition) is 5. The standard InChI is InChI=1S/C35H38ClN3O5S/c1-4-37-35(41)32(23-27-13-7-6-8-14-27)38(24-28-15-9-10-16-30(28)36)34(40)25-39(31-17-11-12-18-33(31)44-5-2)45(42,43)29-21-19-26(3)20-22-29/h6-22,32H,4-5,23-25H2,1-3H3,(H,37,41). The minimum absolute atomic E-state index is 0.0152. The lowest BCUT2D eigenvalue weighted by Gasteiger charge is -2.34. The number of nitrogens with one attached hydrogen (secondary N) is 1. The molecule has 0 aliphatic carbocycles. The summed E-state index contributed by atoms with van der Waals surface area (Å²) in [4.78, 5) is 29.6. The van der Waals surface area contributed by atoms with Crippen LogP contribution in [0.4, 0.5) is 5.69 Å². The third kappa shape index (κ3) is 8.44. The first kappa shape index (κ1) is 33.6. The van der Waals surface area contributed by atoms with Crippen LogP contribution in [-0.2, 0) is 32.6 Å². The van der Waals surface area contributed by atoms with Crippen LogP contribution < -0.4 is 14.4 Å². The second-order valence-corrected chi connectivity index (χ2v) is 12.7. The lowest BCUT2D eigenvalue weighted by Crippen LogP contribution is -2.53. The first-order valence-electron chi connectivity index (χ1n) is 14.8. The number of halogens is 1. The van der Waals surface area contributed by atoms with Crippen LogP contribution >= 0.6 is 11.6 Å². The van der Waals surface area contributed by atoms with Crippen LogP contribution in [0.25, 0.3) is 0 Å². The summed E-state index contributed by atoms with van der Waals surface area (Å²) in [7, 11) is -4.26. The molecule has 45 heavy (non-hydrogen) atoms. The maximum absolute atomic E-state index is 14.5. The van der Waals surface area contributed by atoms with Crippen molar-refractivity contribution < 1.29 is 22.7 Å². The van der Waals surface area contributed by atoms with E-state index in [9.17, 15) is 18.0 Å². The van der Waals surface area contributed by atoms with Gasteiger partial charge in [-0.25, -0.2) is 8.42 Å². The third-order valence-electron chi connectivity index (χ3n) is 7.24. The van der Waals surface area contributed by atoms with Crippen LogP contribution in [-0.4, -0.2) is 50.9 Å². The Kier molecular flexibility index (Phi) is 11.6. The Morgan fingerprint density at radius 1 is 0.867 bits per heavy atom. The molecule has 4 aromatic carbocycles. The molecular formula is C35H38ClN3O5S. The molecule has 1 N–H and O–H groups in total. The van der Waals surface area contributed by atoms with Crippen LogP contribution in [0, 0.1) is 6.92 Å². The molecule has 0 bridgehead atoms. The fraction of sp³-hybridized carbons (Fsp3) is 0.257. The molecule has 4 aromatic rings. The van der Waals surface area contributed by atoms with Gasteiger partial charge in [0, 0.05) is 24.5 Å². The topological polar surface area (TPSA) is 96.0 Å². The van der Waals surface area contributed by atoms with E-state index in [2.05, 4.69) is 5.32 Å². The van der Waals surface area contributed by atoms with Gasteiger partial charge in [-0.3, -0.25) is 13.9 Å². The number of rotatable bonds is 14. The summed E-state index contributed by atoms with van der Waals surface area (Å²) >= 11 is 6.54. The number of amides is 2. The van der Waals surface area contributed by atoms with E-state index in [4.69, 9.17) is 16.3 Å². The van der Waals surface area contributed by atoms with Gasteiger partial charge in [0.05, 0.1) is 17.2 Å². The number of anilines is 1. The first-order chi connectivity index (χ1) is 21.6. The zero-order valence-corrected chi connectivity index (χ0v) is 27.2. The smallest absolute Gasteiger partial charge is 0.264 e. The van der Waals surface area contributed by atoms with Crippen molar-refractivity contribution in [1.29, 1.82) is 0 Å². The highest BCUT2D eigenvalue weighted by molar-refractivity contribution is 7.92. The number of carbonyl (C=O) groups is 2. The third-order valence-corrected chi connectivity index (χ3v) is 9.38. The van der Waals surface area contributed by atoms with Crippen molar-refractivity contribution >= 4 is 39.1 Å². The number of hydrogen-bond donors (Lipinski definition) is 1. The maximum atomic E-state index is 14.5. The van der Waals surface area contributed by atoms with E-state index in [0.717, 1.165) is 15.4 Å². The molecular weight excluding hydrogens is 610 g/mol. The van der Waals surface area contributed by atoms with Gasteiger partial charge in [-0.15, -0.1) is 0 Å². The predicted octanol–water partition coefficient (Wildman–Crippen LogP) is 6.02. The lowest BCUT2D eigenvalue weighted by molar-refractivity contribution is -0.140. The van der Waals surface area contributed by atoms with E-state index in [-0.39, 0.29) is 29.5 Å². The molecule has 0 saturated heterocycles. The van der Waals surface area contributed by atoms with Gasteiger partial charge in [-0.1, -0.05) is 90.0 Å². The van der Waals surface area contributed by atoms with Gasteiger partial charge in [0.15, 0.2) is 0 Å². The van der Waals surface area contributed by atoms with Crippen molar-refractivity contribution in [3.63, 3.8) is 0 Å². The second-order valence-electron chi connectivity index (χ2n) is 10.4. The Labute approximate surface area is 270 Å². The highest BCUT2D eigenvalue weighted by Crippen LogP contribution is 2.33. The van der Waals surface area contributed by atoms with Gasteiger partial charge in [0.25, 0.3) is 10.0 Å². The van der Waals surface area contributed by atoms with Crippen LogP contribution in [0.1, 0.15) is 30.5 Å². The fourth-order valence-electron chi connectivity index (χ4n) is 4.95. The lowest BCUT2D eigenvalue weighted by atomic mass is 10.0. The number of ether oxygens (including phenoxy) is 1. The average molecular weight is 648 g/mol. The molecule has 8 nitrogen and oxygen atoms in total. The number of benzene rings is 4. The van der Waals surface area contributed by atoms with Gasteiger partial charge in [-0.05, 0) is 62.2 Å². The monoisotopic (exact) mass is 647 g/mol. The van der Waals surface area contributed by atoms with Crippen molar-refractivity contribution in [2.24, 2.45) is 0 Å². The number of likely N-dealkylation sites (N-methyl/N-ethyl adjacent to an activating group) is 1. The molecule has 0 aliphatic rings. The van der Waals surface area contributed by atoms with E-state index >= 15 is 0 Å². The molecule has 0 aliphatic heterocycles. The Morgan fingerprint density at radius 2 is 1.51 bits per heavy atom. The minimum Gasteiger partial charge on any atom is -0.492 e. The van der Waals surface area contributed by atoms with Crippen molar-refractivity contribution in [2.45, 2.75) is 44.7 Å². The molecule has 1 atom stereocenters. The van der Waals surface area contributed by atoms with Gasteiger partial charge in [0.1, 0.15) is 18.3 Å². The predicted molar refractivity (Wildman–Crippen MR) is 178 cm³/mol. The van der Waals surface area contributed by atoms with Crippen LogP contribution in [0.3, 0.4) is 0 Å². The summed E-state index contributed by atoms with van der Waals surface area (Å²) in [5, 5.41) is 3.28. The highest BCUT2D eigenvalue weighted by Gasteiger charge is 2.35. The van der Waals surface area contributed by atoms with E-state index in [1.54, 1.807) is 74.5 Å². The molecule has 0 fully saturated rings. The van der Waals surface area contributed by atoms with E-state index in [0.29, 0.717) is 29.5 Å². The Balaban J connectivity index is 1.84. The summed E-state index contributed by atoms with van der Waals surface area (Å²) in [6.07, 6.45) is 0.211. The maximum Gasteiger partial charge on any atom is 0.264 e. The fourth-order valence-corrected chi connectivity index (χ4v) is 6.57. The normalized spacial score (nSPS) is 11.8. The summed E-state index contributed by atoms with van der Waals surface area (Å²) in [5.74, 6) is -0.626. The zero-order valence-electron chi connectivity index (χ0n) is 25.6. The molecule has 10 heteroatoms. The Morgan fingerprint density at radius 3 is 2.18 bits per heavy atom. The molecule has 236 valence electrons. The molecule has 0 aromatic heterocycles. The van der Waals surface area contributed by atoms with Crippen molar-refractivity contribution in [3.8, 4) is 5.75 Å². The minimum atomic E-state index is -4.26. The highest BCUT2D eigenvalue weighted by atomic mass is 35.5. The molecule has 0 radical (unpaired) electrons. The van der Waals surface area contributed by atoms with Gasteiger partial charge >= 0.3 is 0 Å². The van der Waals surface area contributed by atoms with Crippen molar-refractivity contribution in [1.82, 2.24) is 10.2 Å².